The smallest absolute Gasteiger partial charge is 0.486 e. The van der Waals surface area contributed by atoms with Crippen LogP contribution < -0.4 is 14.0 Å². The molecule has 0 radical (unpaired) electrons. The molecule has 23 heteroatoms. The van der Waals surface area contributed by atoms with Crippen molar-refractivity contribution in [2.24, 2.45) is 0 Å². The monoisotopic (exact) mass is 873 g/mol. The summed E-state index contributed by atoms with van der Waals surface area (Å²) >= 11 is 0. The second-order valence-electron chi connectivity index (χ2n) is 12.3. The number of H-pyrrole nitrogens is 1. The number of fused-ring (bicyclic) bond motifs is 3. The van der Waals surface area contributed by atoms with E-state index in [0.717, 1.165) is 0 Å². The number of nitrogens with one attached hydrogen (secondary N) is 1. The number of hydrogen-bond acceptors (Lipinski definition) is 3. The number of aromatic amines is 1. The van der Waals surface area contributed by atoms with Gasteiger partial charge in [-0.2, -0.15) is 0 Å². The highest BCUT2D eigenvalue weighted by Gasteiger charge is 2.42. The number of aromatic nitrogens is 1. The predicted octanol–water partition coefficient (Wildman–Crippen LogP) is 12.1. The van der Waals surface area contributed by atoms with E-state index in [4.69, 9.17) is 14.0 Å². The van der Waals surface area contributed by atoms with Crippen LogP contribution in [0.5, 0.6) is 17.2 Å². The van der Waals surface area contributed by atoms with Gasteiger partial charge in [0.25, 0.3) is 0 Å². The van der Waals surface area contributed by atoms with Crippen molar-refractivity contribution in [2.75, 3.05) is 0 Å². The van der Waals surface area contributed by atoms with Gasteiger partial charge >= 0.3 is 7.32 Å². The molecule has 0 aliphatic carbocycles. The number of benzene rings is 6. The third-order valence-corrected chi connectivity index (χ3v) is 8.85. The van der Waals surface area contributed by atoms with E-state index in [1.807, 2.05) is 24.5 Å². The molecule has 60 heavy (non-hydrogen) atoms. The normalized spacial score (nSPS) is 11.4. The molecule has 7 rings (SSSR count). The molecule has 0 amide bonds. The van der Waals surface area contributed by atoms with E-state index in [2.05, 4.69) is 4.98 Å². The maximum absolute atomic E-state index is 15.7. The Morgan fingerprint density at radius 1 is 0.300 bits per heavy atom. The van der Waals surface area contributed by atoms with Gasteiger partial charge in [0, 0.05) is 29.1 Å². The lowest BCUT2D eigenvalue weighted by molar-refractivity contribution is 0.289. The fourth-order valence-electron chi connectivity index (χ4n) is 5.82. The van der Waals surface area contributed by atoms with E-state index in [-0.39, 0.29) is 0 Å². The van der Waals surface area contributed by atoms with Crippen LogP contribution in [0, 0.1) is 125 Å². The molecule has 0 unspecified atom stereocenters. The van der Waals surface area contributed by atoms with Crippen molar-refractivity contribution in [3.8, 4) is 17.2 Å². The molecule has 0 saturated carbocycles. The highest BCUT2D eigenvalue weighted by molar-refractivity contribution is 6.40. The van der Waals surface area contributed by atoms with Gasteiger partial charge in [-0.15, -0.1) is 0 Å². The number of rotatable bonds is 6. The summed E-state index contributed by atoms with van der Waals surface area (Å²) in [7, 11) is -3.70. The third kappa shape index (κ3) is 6.49. The summed E-state index contributed by atoms with van der Waals surface area (Å²) in [6.45, 7) is 1.26. The Bertz CT molecular complexity index is 2610. The van der Waals surface area contributed by atoms with Crippen molar-refractivity contribution in [3.05, 3.63) is 146 Å². The standard InChI is InChI=1S/C33H9BF18O3.C4H5N/c1-4-13(35)7-10(22(44)28(50)25(47)19(7)41)31(16(4)38)53-34(54-32-11-8(14(36)5(2)17(32)39)20(42)26(48)29(51)23(11)45)55-33-12-9(15(37)6(3)18(33)40)21(43)27(49)30(52)24(12)46;1-2-4-5-3-1/h1-3H3;1-5H. The second-order valence-corrected chi connectivity index (χ2v) is 12.3. The van der Waals surface area contributed by atoms with Crippen LogP contribution in [0.4, 0.5) is 79.0 Å². The Balaban J connectivity index is 0.00000112. The summed E-state index contributed by atoms with van der Waals surface area (Å²) in [5.41, 5.74) is -4.36. The second kappa shape index (κ2) is 15.6. The molecule has 0 atom stereocenters. The third-order valence-electron chi connectivity index (χ3n) is 8.85. The summed E-state index contributed by atoms with van der Waals surface area (Å²) in [5.74, 6) is -51.7. The quantitative estimate of drug-likeness (QED) is 0.0783. The molecular formula is C37H14BF18NO3. The van der Waals surface area contributed by atoms with Gasteiger partial charge in [0.2, 0.25) is 0 Å². The van der Waals surface area contributed by atoms with Crippen LogP contribution in [-0.2, 0) is 0 Å². The lowest BCUT2D eigenvalue weighted by Gasteiger charge is -2.23. The highest BCUT2D eigenvalue weighted by atomic mass is 19.2. The molecule has 314 valence electrons. The average Bonchev–Trinajstić information content (AvgIpc) is 3.82. The van der Waals surface area contributed by atoms with E-state index < -0.39 is 178 Å². The minimum atomic E-state index is -3.70. The predicted molar refractivity (Wildman–Crippen MR) is 174 cm³/mol. The summed E-state index contributed by atoms with van der Waals surface area (Å²) in [6.07, 6.45) is 3.75. The Hall–Kier alpha value is -6.42. The first-order valence-corrected chi connectivity index (χ1v) is 16.0. The first-order chi connectivity index (χ1) is 28.1. The van der Waals surface area contributed by atoms with Gasteiger partial charge in [-0.05, 0) is 32.9 Å². The van der Waals surface area contributed by atoms with Gasteiger partial charge < -0.3 is 18.9 Å². The van der Waals surface area contributed by atoms with Gasteiger partial charge in [-0.3, -0.25) is 0 Å². The number of hydrogen-bond donors (Lipinski definition) is 1. The average molecular weight is 873 g/mol. The molecule has 1 heterocycles. The zero-order valence-corrected chi connectivity index (χ0v) is 29.4. The zero-order chi connectivity index (χ0) is 44.6. The molecule has 0 aliphatic heterocycles. The minimum Gasteiger partial charge on any atom is -0.486 e. The van der Waals surface area contributed by atoms with Gasteiger partial charge in [0.15, 0.2) is 105 Å². The lowest BCUT2D eigenvalue weighted by atomic mass is 10.00. The van der Waals surface area contributed by atoms with Crippen molar-refractivity contribution in [1.29, 1.82) is 0 Å². The Labute approximate surface area is 321 Å². The van der Waals surface area contributed by atoms with Crippen LogP contribution in [0.25, 0.3) is 32.3 Å². The lowest BCUT2D eigenvalue weighted by Crippen LogP contribution is -2.38. The molecule has 0 spiro atoms. The molecule has 0 aliphatic rings. The van der Waals surface area contributed by atoms with Crippen molar-refractivity contribution < 1.29 is 93.0 Å². The van der Waals surface area contributed by atoms with Crippen LogP contribution in [-0.4, -0.2) is 12.3 Å². The molecule has 6 aromatic carbocycles. The summed E-state index contributed by atoms with van der Waals surface area (Å²) in [4.78, 5) is 2.86. The van der Waals surface area contributed by atoms with Gasteiger partial charge in [-0.25, -0.2) is 79.0 Å². The van der Waals surface area contributed by atoms with Gasteiger partial charge in [0.1, 0.15) is 17.5 Å². The first-order valence-electron chi connectivity index (χ1n) is 16.0. The Morgan fingerprint density at radius 3 is 0.717 bits per heavy atom. The fraction of sp³-hybridized carbons (Fsp3) is 0.0811. The maximum Gasteiger partial charge on any atom is 0.864 e. The van der Waals surface area contributed by atoms with E-state index in [9.17, 15) is 39.5 Å². The SMILES string of the molecule is Cc1c(F)c(OB(Oc2c(F)c(C)c(F)c3c(F)c(F)c(F)c(F)c23)Oc2c(F)c(C)c(F)c3c(F)c(F)c(F)c(F)c23)c2c(F)c(F)c(F)c(F)c2c1F.c1cc[nH]c1. The minimum absolute atomic E-state index is 0.421. The maximum atomic E-state index is 15.7. The van der Waals surface area contributed by atoms with Crippen molar-refractivity contribution in [3.63, 3.8) is 0 Å². The highest BCUT2D eigenvalue weighted by Crippen LogP contribution is 2.44. The van der Waals surface area contributed by atoms with E-state index in [1.54, 1.807) is 0 Å². The first kappa shape index (κ1) is 43.2. The van der Waals surface area contributed by atoms with Crippen molar-refractivity contribution in [1.82, 2.24) is 4.98 Å². The zero-order valence-electron chi connectivity index (χ0n) is 29.4. The molecule has 4 nitrogen and oxygen atoms in total. The molecule has 0 bridgehead atoms. The Morgan fingerprint density at radius 2 is 0.517 bits per heavy atom. The van der Waals surface area contributed by atoms with Gasteiger partial charge in [0.05, 0.1) is 32.3 Å². The van der Waals surface area contributed by atoms with Crippen LogP contribution in [0.15, 0.2) is 24.5 Å². The van der Waals surface area contributed by atoms with E-state index in [1.165, 1.54) is 0 Å². The summed E-state index contributed by atoms with van der Waals surface area (Å²) in [6, 6.07) is 3.89. The largest absolute Gasteiger partial charge is 0.864 e. The molecule has 0 saturated heterocycles. The van der Waals surface area contributed by atoms with Crippen molar-refractivity contribution in [2.45, 2.75) is 20.8 Å². The molecule has 1 N–H and O–H groups in total. The molecule has 1 aromatic heterocycles. The fourth-order valence-corrected chi connectivity index (χ4v) is 5.82. The van der Waals surface area contributed by atoms with Crippen LogP contribution in [0.2, 0.25) is 0 Å². The number of halogens is 18. The molecular weight excluding hydrogens is 859 g/mol. The summed E-state index contributed by atoms with van der Waals surface area (Å²) < 4.78 is 282. The topological polar surface area (TPSA) is 43.5 Å². The van der Waals surface area contributed by atoms with Crippen molar-refractivity contribution >= 4 is 39.6 Å². The van der Waals surface area contributed by atoms with Crippen LogP contribution in [0.1, 0.15) is 16.7 Å². The van der Waals surface area contributed by atoms with E-state index >= 15 is 39.5 Å². The Kier molecular flexibility index (Phi) is 11.3. The van der Waals surface area contributed by atoms with Crippen LogP contribution in [0.3, 0.4) is 0 Å². The molecule has 0 fully saturated rings. The summed E-state index contributed by atoms with van der Waals surface area (Å²) in [5, 5.41) is -12.1. The van der Waals surface area contributed by atoms with E-state index in [0.29, 0.717) is 20.8 Å². The van der Waals surface area contributed by atoms with Crippen LogP contribution >= 0.6 is 0 Å². The molecule has 7 aromatic rings. The van der Waals surface area contributed by atoms with Gasteiger partial charge in [-0.1, -0.05) is 0 Å².